The number of amides is 1. The molecular weight excluding hydrogens is 298 g/mol. The van der Waals surface area contributed by atoms with Crippen molar-refractivity contribution < 1.29 is 9.53 Å². The van der Waals surface area contributed by atoms with Gasteiger partial charge in [-0.15, -0.1) is 11.3 Å². The van der Waals surface area contributed by atoms with Crippen LogP contribution < -0.4 is 15.4 Å². The zero-order valence-corrected chi connectivity index (χ0v) is 13.7. The maximum absolute atomic E-state index is 11.9. The molecule has 0 atom stereocenters. The highest BCUT2D eigenvalue weighted by Crippen LogP contribution is 2.14. The summed E-state index contributed by atoms with van der Waals surface area (Å²) in [6, 6.07) is 7.62. The molecule has 0 bridgehead atoms. The first-order valence-corrected chi connectivity index (χ1v) is 8.19. The molecule has 1 heterocycles. The first-order valence-electron chi connectivity index (χ1n) is 7.32. The van der Waals surface area contributed by atoms with E-state index in [1.807, 2.05) is 43.6 Å². The van der Waals surface area contributed by atoms with Crippen molar-refractivity contribution in [3.8, 4) is 5.75 Å². The van der Waals surface area contributed by atoms with Crippen LogP contribution in [0.3, 0.4) is 0 Å². The van der Waals surface area contributed by atoms with Gasteiger partial charge in [-0.25, -0.2) is 4.98 Å². The topological polar surface area (TPSA) is 63.2 Å². The van der Waals surface area contributed by atoms with Crippen LogP contribution in [0.4, 0.5) is 5.13 Å². The predicted molar refractivity (Wildman–Crippen MR) is 89.7 cm³/mol. The summed E-state index contributed by atoms with van der Waals surface area (Å²) in [5.74, 6) is 0.851. The van der Waals surface area contributed by atoms with Crippen molar-refractivity contribution in [2.24, 2.45) is 0 Å². The van der Waals surface area contributed by atoms with Gasteiger partial charge in [-0.3, -0.25) is 4.79 Å². The Hall–Kier alpha value is -2.08. The van der Waals surface area contributed by atoms with E-state index in [0.717, 1.165) is 28.6 Å². The van der Waals surface area contributed by atoms with E-state index in [9.17, 15) is 4.79 Å². The van der Waals surface area contributed by atoms with Crippen LogP contribution in [0, 0.1) is 0 Å². The minimum absolute atomic E-state index is 0.0215. The standard InChI is InChI=1S/C16H21N3O2S/c1-3-21-14-6-4-12(5-7-14)10-15(20)18-9-8-13-11-22-16(17-2)19-13/h4-7,11H,3,8-10H2,1-2H3,(H,17,19)(H,18,20). The fourth-order valence-electron chi connectivity index (χ4n) is 1.98. The van der Waals surface area contributed by atoms with Crippen molar-refractivity contribution in [3.63, 3.8) is 0 Å². The van der Waals surface area contributed by atoms with E-state index in [0.29, 0.717) is 19.6 Å². The lowest BCUT2D eigenvalue weighted by Crippen LogP contribution is -2.27. The molecule has 5 nitrogen and oxygen atoms in total. The number of thiazole rings is 1. The summed E-state index contributed by atoms with van der Waals surface area (Å²) in [6.45, 7) is 3.19. The number of aromatic nitrogens is 1. The summed E-state index contributed by atoms with van der Waals surface area (Å²) in [6.07, 6.45) is 1.12. The van der Waals surface area contributed by atoms with Crippen LogP contribution >= 0.6 is 11.3 Å². The minimum atomic E-state index is 0.0215. The second kappa shape index (κ2) is 8.38. The van der Waals surface area contributed by atoms with E-state index in [4.69, 9.17) is 4.74 Å². The molecule has 0 radical (unpaired) electrons. The molecule has 0 aliphatic rings. The summed E-state index contributed by atoms with van der Waals surface area (Å²) in [5.41, 5.74) is 1.97. The Morgan fingerprint density at radius 3 is 2.73 bits per heavy atom. The maximum atomic E-state index is 11.9. The Morgan fingerprint density at radius 1 is 1.32 bits per heavy atom. The van der Waals surface area contributed by atoms with Crippen LogP contribution in [0.25, 0.3) is 0 Å². The van der Waals surface area contributed by atoms with Gasteiger partial charge >= 0.3 is 0 Å². The summed E-state index contributed by atoms with van der Waals surface area (Å²) in [7, 11) is 1.85. The highest BCUT2D eigenvalue weighted by atomic mass is 32.1. The summed E-state index contributed by atoms with van der Waals surface area (Å²) in [4.78, 5) is 16.3. The van der Waals surface area contributed by atoms with Gasteiger partial charge in [0.15, 0.2) is 5.13 Å². The second-order valence-electron chi connectivity index (χ2n) is 4.75. The molecule has 0 aliphatic heterocycles. The summed E-state index contributed by atoms with van der Waals surface area (Å²) >= 11 is 1.57. The summed E-state index contributed by atoms with van der Waals surface area (Å²) in [5, 5.41) is 8.83. The van der Waals surface area contributed by atoms with Gasteiger partial charge in [0, 0.05) is 25.4 Å². The monoisotopic (exact) mass is 319 g/mol. The third-order valence-electron chi connectivity index (χ3n) is 3.07. The molecule has 0 unspecified atom stereocenters. The molecule has 2 rings (SSSR count). The molecule has 1 aromatic heterocycles. The number of carbonyl (C=O) groups excluding carboxylic acids is 1. The molecule has 0 spiro atoms. The number of nitrogens with zero attached hydrogens (tertiary/aromatic N) is 1. The van der Waals surface area contributed by atoms with Crippen molar-refractivity contribution in [2.45, 2.75) is 19.8 Å². The van der Waals surface area contributed by atoms with E-state index >= 15 is 0 Å². The molecule has 1 amide bonds. The quantitative estimate of drug-likeness (QED) is 0.785. The number of anilines is 1. The van der Waals surface area contributed by atoms with E-state index in [-0.39, 0.29) is 5.91 Å². The molecule has 0 saturated carbocycles. The lowest BCUT2D eigenvalue weighted by atomic mass is 10.1. The van der Waals surface area contributed by atoms with Crippen molar-refractivity contribution in [1.82, 2.24) is 10.3 Å². The van der Waals surface area contributed by atoms with Crippen LogP contribution in [0.15, 0.2) is 29.6 Å². The number of hydrogen-bond donors (Lipinski definition) is 2. The molecule has 0 aliphatic carbocycles. The van der Waals surface area contributed by atoms with Gasteiger partial charge in [0.25, 0.3) is 0 Å². The number of ether oxygens (including phenoxy) is 1. The Morgan fingerprint density at radius 2 is 2.09 bits per heavy atom. The first-order chi connectivity index (χ1) is 10.7. The normalized spacial score (nSPS) is 10.3. The fraction of sp³-hybridized carbons (Fsp3) is 0.375. The number of benzene rings is 1. The third kappa shape index (κ3) is 5.04. The molecule has 6 heteroatoms. The van der Waals surface area contributed by atoms with Crippen LogP contribution in [-0.2, 0) is 17.6 Å². The van der Waals surface area contributed by atoms with Gasteiger partial charge in [-0.2, -0.15) is 0 Å². The van der Waals surface area contributed by atoms with Gasteiger partial charge in [-0.05, 0) is 24.6 Å². The highest BCUT2D eigenvalue weighted by molar-refractivity contribution is 7.13. The lowest BCUT2D eigenvalue weighted by molar-refractivity contribution is -0.120. The van der Waals surface area contributed by atoms with Crippen LogP contribution in [-0.4, -0.2) is 31.1 Å². The molecule has 2 aromatic rings. The number of rotatable bonds is 8. The van der Waals surface area contributed by atoms with Gasteiger partial charge < -0.3 is 15.4 Å². The zero-order valence-electron chi connectivity index (χ0n) is 12.9. The van der Waals surface area contributed by atoms with Gasteiger partial charge in [0.2, 0.25) is 5.91 Å². The Kier molecular flexibility index (Phi) is 6.21. The van der Waals surface area contributed by atoms with Gasteiger partial charge in [0.1, 0.15) is 5.75 Å². The average Bonchev–Trinajstić information content (AvgIpc) is 2.97. The molecule has 0 saturated heterocycles. The SMILES string of the molecule is CCOc1ccc(CC(=O)NCCc2csc(NC)n2)cc1. The number of carbonyl (C=O) groups is 1. The first kappa shape index (κ1) is 16.3. The molecule has 2 N–H and O–H groups in total. The lowest BCUT2D eigenvalue weighted by Gasteiger charge is -2.06. The van der Waals surface area contributed by atoms with Crippen LogP contribution in [0.1, 0.15) is 18.2 Å². The van der Waals surface area contributed by atoms with Gasteiger partial charge in [-0.1, -0.05) is 12.1 Å². The highest BCUT2D eigenvalue weighted by Gasteiger charge is 2.05. The largest absolute Gasteiger partial charge is 0.494 e. The van der Waals surface area contributed by atoms with Crippen LogP contribution in [0.2, 0.25) is 0 Å². The zero-order chi connectivity index (χ0) is 15.8. The molecule has 1 aromatic carbocycles. The fourth-order valence-corrected chi connectivity index (χ4v) is 2.69. The van der Waals surface area contributed by atoms with E-state index < -0.39 is 0 Å². The van der Waals surface area contributed by atoms with Crippen molar-refractivity contribution in [1.29, 1.82) is 0 Å². The van der Waals surface area contributed by atoms with E-state index in [2.05, 4.69) is 15.6 Å². The van der Waals surface area contributed by atoms with Crippen LogP contribution in [0.5, 0.6) is 5.75 Å². The maximum Gasteiger partial charge on any atom is 0.224 e. The smallest absolute Gasteiger partial charge is 0.224 e. The molecule has 22 heavy (non-hydrogen) atoms. The summed E-state index contributed by atoms with van der Waals surface area (Å²) < 4.78 is 5.38. The molecule has 0 fully saturated rings. The molecule has 118 valence electrons. The average molecular weight is 319 g/mol. The number of nitrogens with one attached hydrogen (secondary N) is 2. The van der Waals surface area contributed by atoms with E-state index in [1.165, 1.54) is 0 Å². The van der Waals surface area contributed by atoms with Crippen molar-refractivity contribution >= 4 is 22.4 Å². The Labute approximate surface area is 134 Å². The van der Waals surface area contributed by atoms with Crippen molar-refractivity contribution in [3.05, 3.63) is 40.9 Å². The number of hydrogen-bond acceptors (Lipinski definition) is 5. The van der Waals surface area contributed by atoms with E-state index in [1.54, 1.807) is 11.3 Å². The Bertz CT molecular complexity index is 596. The minimum Gasteiger partial charge on any atom is -0.494 e. The second-order valence-corrected chi connectivity index (χ2v) is 5.61. The third-order valence-corrected chi connectivity index (χ3v) is 3.98. The predicted octanol–water partition coefficient (Wildman–Crippen LogP) is 2.48. The van der Waals surface area contributed by atoms with Gasteiger partial charge in [0.05, 0.1) is 18.7 Å². The Balaban J connectivity index is 1.73. The van der Waals surface area contributed by atoms with Crippen molar-refractivity contribution in [2.75, 3.05) is 25.5 Å². The molecular formula is C16H21N3O2S.